The first-order valence-electron chi connectivity index (χ1n) is 6.96. The fourth-order valence-electron chi connectivity index (χ4n) is 3.17. The SMILES string of the molecule is CN(C)C1(C(O)c2ccccc2OC(F)(F)F)CCCC1. The molecule has 1 unspecified atom stereocenters. The first-order chi connectivity index (χ1) is 9.76. The molecule has 0 aromatic heterocycles. The largest absolute Gasteiger partial charge is 0.573 e. The van der Waals surface area contributed by atoms with Gasteiger partial charge in [0.15, 0.2) is 0 Å². The summed E-state index contributed by atoms with van der Waals surface area (Å²) in [4.78, 5) is 1.91. The molecule has 0 bridgehead atoms. The number of nitrogens with zero attached hydrogens (tertiary/aromatic N) is 1. The number of hydrogen-bond donors (Lipinski definition) is 1. The quantitative estimate of drug-likeness (QED) is 0.924. The van der Waals surface area contributed by atoms with Gasteiger partial charge in [0.25, 0.3) is 0 Å². The molecule has 0 heterocycles. The van der Waals surface area contributed by atoms with Crippen molar-refractivity contribution in [2.75, 3.05) is 14.1 Å². The fourth-order valence-corrected chi connectivity index (χ4v) is 3.17. The van der Waals surface area contributed by atoms with E-state index < -0.39 is 18.0 Å². The van der Waals surface area contributed by atoms with Gasteiger partial charge in [0.05, 0.1) is 5.54 Å². The molecule has 0 amide bonds. The number of halogens is 3. The summed E-state index contributed by atoms with van der Waals surface area (Å²) in [7, 11) is 3.70. The van der Waals surface area contributed by atoms with Crippen LogP contribution in [0.2, 0.25) is 0 Å². The van der Waals surface area contributed by atoms with Crippen LogP contribution in [0.1, 0.15) is 37.4 Å². The van der Waals surface area contributed by atoms with E-state index in [0.29, 0.717) is 0 Å². The molecule has 1 N–H and O–H groups in total. The van der Waals surface area contributed by atoms with Gasteiger partial charge in [-0.15, -0.1) is 13.2 Å². The maximum Gasteiger partial charge on any atom is 0.573 e. The Morgan fingerprint density at radius 1 is 1.19 bits per heavy atom. The highest BCUT2D eigenvalue weighted by Crippen LogP contribution is 2.45. The van der Waals surface area contributed by atoms with Crippen LogP contribution in [0.25, 0.3) is 0 Å². The molecule has 1 fully saturated rings. The van der Waals surface area contributed by atoms with Gasteiger partial charge in [-0.2, -0.15) is 0 Å². The Morgan fingerprint density at radius 2 is 1.76 bits per heavy atom. The molecule has 1 aromatic rings. The van der Waals surface area contributed by atoms with Crippen LogP contribution in [0.5, 0.6) is 5.75 Å². The zero-order valence-corrected chi connectivity index (χ0v) is 12.2. The predicted molar refractivity (Wildman–Crippen MR) is 73.0 cm³/mol. The van der Waals surface area contributed by atoms with E-state index in [1.54, 1.807) is 6.07 Å². The molecule has 0 saturated heterocycles. The average molecular weight is 303 g/mol. The summed E-state index contributed by atoms with van der Waals surface area (Å²) in [5.74, 6) is -0.328. The summed E-state index contributed by atoms with van der Waals surface area (Å²) in [6.07, 6.45) is -2.37. The normalized spacial score (nSPS) is 19.8. The average Bonchev–Trinajstić information content (AvgIpc) is 2.87. The summed E-state index contributed by atoms with van der Waals surface area (Å²) >= 11 is 0. The maximum absolute atomic E-state index is 12.5. The van der Waals surface area contributed by atoms with E-state index in [1.165, 1.54) is 18.2 Å². The van der Waals surface area contributed by atoms with Crippen LogP contribution in [-0.2, 0) is 0 Å². The van der Waals surface area contributed by atoms with Gasteiger partial charge in [-0.3, -0.25) is 0 Å². The highest BCUT2D eigenvalue weighted by atomic mass is 19.4. The number of alkyl halides is 3. The summed E-state index contributed by atoms with van der Waals surface area (Å²) in [6, 6.07) is 5.81. The van der Waals surface area contributed by atoms with Gasteiger partial charge in [-0.25, -0.2) is 0 Å². The van der Waals surface area contributed by atoms with Crippen LogP contribution < -0.4 is 4.74 Å². The van der Waals surface area contributed by atoms with Crippen molar-refractivity contribution >= 4 is 0 Å². The number of ether oxygens (including phenoxy) is 1. The minimum absolute atomic E-state index is 0.186. The topological polar surface area (TPSA) is 32.7 Å². The second kappa shape index (κ2) is 5.85. The summed E-state index contributed by atoms with van der Waals surface area (Å²) < 4.78 is 41.6. The van der Waals surface area contributed by atoms with E-state index in [1.807, 2.05) is 19.0 Å². The second-order valence-electron chi connectivity index (χ2n) is 5.69. The van der Waals surface area contributed by atoms with Gasteiger partial charge in [-0.1, -0.05) is 31.0 Å². The Bertz CT molecular complexity index is 482. The third-order valence-electron chi connectivity index (χ3n) is 4.31. The van der Waals surface area contributed by atoms with E-state index >= 15 is 0 Å². The lowest BCUT2D eigenvalue weighted by atomic mass is 9.84. The number of likely N-dealkylation sites (N-methyl/N-ethyl adjacent to an activating group) is 1. The number of para-hydroxylation sites is 1. The zero-order valence-electron chi connectivity index (χ0n) is 12.2. The first kappa shape index (κ1) is 16.1. The molecule has 0 radical (unpaired) electrons. The van der Waals surface area contributed by atoms with Crippen molar-refractivity contribution in [2.24, 2.45) is 0 Å². The smallest absolute Gasteiger partial charge is 0.405 e. The van der Waals surface area contributed by atoms with Crippen LogP contribution in [0.3, 0.4) is 0 Å². The predicted octanol–water partition coefficient (Wildman–Crippen LogP) is 3.49. The Kier molecular flexibility index (Phi) is 4.49. The molecule has 2 rings (SSSR count). The van der Waals surface area contributed by atoms with E-state index in [2.05, 4.69) is 4.74 Å². The van der Waals surface area contributed by atoms with Crippen molar-refractivity contribution in [2.45, 2.75) is 43.7 Å². The van der Waals surface area contributed by atoms with Gasteiger partial charge in [0.2, 0.25) is 0 Å². The van der Waals surface area contributed by atoms with Crippen molar-refractivity contribution in [3.05, 3.63) is 29.8 Å². The molecule has 1 aromatic carbocycles. The molecule has 0 aliphatic heterocycles. The van der Waals surface area contributed by atoms with Crippen molar-refractivity contribution < 1.29 is 23.0 Å². The summed E-state index contributed by atoms with van der Waals surface area (Å²) in [5, 5.41) is 10.7. The van der Waals surface area contributed by atoms with E-state index in [4.69, 9.17) is 0 Å². The molecule has 118 valence electrons. The van der Waals surface area contributed by atoms with Crippen LogP contribution in [-0.4, -0.2) is 36.0 Å². The van der Waals surface area contributed by atoms with E-state index in [-0.39, 0.29) is 11.3 Å². The minimum Gasteiger partial charge on any atom is -0.405 e. The highest BCUT2D eigenvalue weighted by Gasteiger charge is 2.45. The Balaban J connectivity index is 2.36. The number of aliphatic hydroxyl groups is 1. The van der Waals surface area contributed by atoms with Gasteiger partial charge >= 0.3 is 6.36 Å². The van der Waals surface area contributed by atoms with Gasteiger partial charge < -0.3 is 14.7 Å². The lowest BCUT2D eigenvalue weighted by Crippen LogP contribution is -2.47. The fraction of sp³-hybridized carbons (Fsp3) is 0.600. The minimum atomic E-state index is -4.77. The highest BCUT2D eigenvalue weighted by molar-refractivity contribution is 5.37. The van der Waals surface area contributed by atoms with Gasteiger partial charge in [0, 0.05) is 5.56 Å². The van der Waals surface area contributed by atoms with E-state index in [9.17, 15) is 18.3 Å². The van der Waals surface area contributed by atoms with Crippen LogP contribution in [0.15, 0.2) is 24.3 Å². The van der Waals surface area contributed by atoms with Crippen molar-refractivity contribution in [1.29, 1.82) is 0 Å². The molecule has 1 aliphatic rings. The van der Waals surface area contributed by atoms with Crippen molar-refractivity contribution in [3.63, 3.8) is 0 Å². The number of rotatable bonds is 4. The Morgan fingerprint density at radius 3 is 2.29 bits per heavy atom. The lowest BCUT2D eigenvalue weighted by Gasteiger charge is -2.41. The molecule has 1 saturated carbocycles. The molecule has 0 spiro atoms. The Hall–Kier alpha value is -1.27. The standard InChI is InChI=1S/C15H20F3NO2/c1-19(2)14(9-5-6-10-14)13(20)11-7-3-4-8-12(11)21-15(16,17)18/h3-4,7-8,13,20H,5-6,9-10H2,1-2H3. The molecule has 6 heteroatoms. The van der Waals surface area contributed by atoms with Gasteiger partial charge in [-0.05, 0) is 33.0 Å². The van der Waals surface area contributed by atoms with Crippen LogP contribution in [0, 0.1) is 0 Å². The van der Waals surface area contributed by atoms with Crippen molar-refractivity contribution in [1.82, 2.24) is 4.90 Å². The van der Waals surface area contributed by atoms with E-state index in [0.717, 1.165) is 25.7 Å². The Labute approximate surface area is 122 Å². The molecule has 3 nitrogen and oxygen atoms in total. The maximum atomic E-state index is 12.5. The van der Waals surface area contributed by atoms with Crippen molar-refractivity contribution in [3.8, 4) is 5.75 Å². The number of aliphatic hydroxyl groups excluding tert-OH is 1. The molecular formula is C15H20F3NO2. The summed E-state index contributed by atoms with van der Waals surface area (Å²) in [6.45, 7) is 0. The second-order valence-corrected chi connectivity index (χ2v) is 5.69. The lowest BCUT2D eigenvalue weighted by molar-refractivity contribution is -0.275. The number of benzene rings is 1. The number of hydrogen-bond acceptors (Lipinski definition) is 3. The zero-order chi connectivity index (χ0) is 15.7. The molecule has 1 atom stereocenters. The van der Waals surface area contributed by atoms with Crippen LogP contribution in [0.4, 0.5) is 13.2 Å². The first-order valence-corrected chi connectivity index (χ1v) is 6.96. The monoisotopic (exact) mass is 303 g/mol. The molecule has 21 heavy (non-hydrogen) atoms. The van der Waals surface area contributed by atoms with Gasteiger partial charge in [0.1, 0.15) is 11.9 Å². The summed E-state index contributed by atoms with van der Waals surface area (Å²) in [5.41, 5.74) is -0.351. The molecular weight excluding hydrogens is 283 g/mol. The molecule has 1 aliphatic carbocycles. The third-order valence-corrected chi connectivity index (χ3v) is 4.31. The van der Waals surface area contributed by atoms with Crippen LogP contribution >= 0.6 is 0 Å². The third kappa shape index (κ3) is 3.32.